The molecule has 5 nitrogen and oxygen atoms in total. The van der Waals surface area contributed by atoms with E-state index >= 15 is 0 Å². The van der Waals surface area contributed by atoms with Crippen molar-refractivity contribution in [2.45, 2.75) is 19.4 Å². The first kappa shape index (κ1) is 12.6. The van der Waals surface area contributed by atoms with Gasteiger partial charge in [-0.05, 0) is 25.5 Å². The number of aromatic nitrogens is 3. The highest BCUT2D eigenvalue weighted by atomic mass is 16.5. The Bertz CT molecular complexity index is 470. The van der Waals surface area contributed by atoms with Gasteiger partial charge in [-0.2, -0.15) is 5.10 Å². The van der Waals surface area contributed by atoms with E-state index in [1.807, 2.05) is 24.3 Å². The van der Waals surface area contributed by atoms with Crippen LogP contribution in [0.1, 0.15) is 13.3 Å². The molecule has 0 saturated carbocycles. The second kappa shape index (κ2) is 6.16. The van der Waals surface area contributed by atoms with E-state index < -0.39 is 0 Å². The van der Waals surface area contributed by atoms with Crippen molar-refractivity contribution in [1.29, 1.82) is 0 Å². The summed E-state index contributed by atoms with van der Waals surface area (Å²) in [6, 6.07) is 8.39. The molecule has 1 unspecified atom stereocenters. The summed E-state index contributed by atoms with van der Waals surface area (Å²) in [7, 11) is 1.72. The summed E-state index contributed by atoms with van der Waals surface area (Å²) < 4.78 is 6.84. The maximum absolute atomic E-state index is 5.09. The molecule has 0 aliphatic rings. The number of rotatable bonds is 6. The van der Waals surface area contributed by atoms with E-state index in [2.05, 4.69) is 22.3 Å². The van der Waals surface area contributed by atoms with E-state index in [0.29, 0.717) is 6.04 Å². The molecule has 0 amide bonds. The van der Waals surface area contributed by atoms with Crippen LogP contribution in [0.4, 0.5) is 5.69 Å². The minimum atomic E-state index is 0.342. The molecule has 5 heteroatoms. The van der Waals surface area contributed by atoms with Crippen molar-refractivity contribution in [3.8, 4) is 5.69 Å². The van der Waals surface area contributed by atoms with Crippen molar-refractivity contribution in [3.63, 3.8) is 0 Å². The standard InChI is InChI=1S/C13H18N4O/c1-11(7-8-18-2)16-12-5-3-4-6-13(12)17-10-14-9-15-17/h3-6,9-11,16H,7-8H2,1-2H3. The van der Waals surface area contributed by atoms with Crippen LogP contribution in [0.2, 0.25) is 0 Å². The molecule has 96 valence electrons. The van der Waals surface area contributed by atoms with Gasteiger partial charge in [0.25, 0.3) is 0 Å². The molecule has 0 radical (unpaired) electrons. The number of hydrogen-bond acceptors (Lipinski definition) is 4. The van der Waals surface area contributed by atoms with Gasteiger partial charge >= 0.3 is 0 Å². The lowest BCUT2D eigenvalue weighted by molar-refractivity contribution is 0.191. The first-order chi connectivity index (χ1) is 8.81. The van der Waals surface area contributed by atoms with Gasteiger partial charge in [0.1, 0.15) is 12.7 Å². The van der Waals surface area contributed by atoms with E-state index in [9.17, 15) is 0 Å². The number of para-hydroxylation sites is 2. The zero-order chi connectivity index (χ0) is 12.8. The number of methoxy groups -OCH3 is 1. The number of nitrogens with one attached hydrogen (secondary N) is 1. The molecule has 0 spiro atoms. The van der Waals surface area contributed by atoms with E-state index in [0.717, 1.165) is 24.4 Å². The second-order valence-electron chi connectivity index (χ2n) is 4.18. The quantitative estimate of drug-likeness (QED) is 0.848. The molecule has 1 aromatic carbocycles. The summed E-state index contributed by atoms with van der Waals surface area (Å²) in [5.41, 5.74) is 2.05. The van der Waals surface area contributed by atoms with E-state index in [-0.39, 0.29) is 0 Å². The first-order valence-electron chi connectivity index (χ1n) is 6.00. The van der Waals surface area contributed by atoms with Gasteiger partial charge < -0.3 is 10.1 Å². The number of hydrogen-bond donors (Lipinski definition) is 1. The molecule has 2 aromatic rings. The molecule has 1 heterocycles. The van der Waals surface area contributed by atoms with Crippen LogP contribution in [0.25, 0.3) is 5.69 Å². The van der Waals surface area contributed by atoms with E-state index in [1.165, 1.54) is 6.33 Å². The minimum Gasteiger partial charge on any atom is -0.385 e. The molecule has 1 aromatic heterocycles. The molecule has 1 atom stereocenters. The van der Waals surface area contributed by atoms with Crippen LogP contribution < -0.4 is 5.32 Å². The Morgan fingerprint density at radius 3 is 2.94 bits per heavy atom. The van der Waals surface area contributed by atoms with Crippen LogP contribution in [-0.4, -0.2) is 34.5 Å². The lowest BCUT2D eigenvalue weighted by Gasteiger charge is -2.17. The average molecular weight is 246 g/mol. The summed E-state index contributed by atoms with van der Waals surface area (Å²) in [6.07, 6.45) is 4.19. The summed E-state index contributed by atoms with van der Waals surface area (Å²) in [5, 5.41) is 7.62. The van der Waals surface area contributed by atoms with Crippen LogP contribution in [-0.2, 0) is 4.74 Å². The highest BCUT2D eigenvalue weighted by Crippen LogP contribution is 2.19. The number of anilines is 1. The maximum Gasteiger partial charge on any atom is 0.138 e. The summed E-state index contributed by atoms with van der Waals surface area (Å²) in [6.45, 7) is 2.89. The van der Waals surface area contributed by atoms with E-state index in [4.69, 9.17) is 4.74 Å². The molecule has 0 aliphatic carbocycles. The molecule has 0 saturated heterocycles. The van der Waals surface area contributed by atoms with Crippen molar-refractivity contribution < 1.29 is 4.74 Å². The lowest BCUT2D eigenvalue weighted by Crippen LogP contribution is -2.18. The monoisotopic (exact) mass is 246 g/mol. The fourth-order valence-corrected chi connectivity index (χ4v) is 1.76. The molecule has 0 bridgehead atoms. The molecule has 0 fully saturated rings. The smallest absolute Gasteiger partial charge is 0.138 e. The molecule has 2 rings (SSSR count). The van der Waals surface area contributed by atoms with Gasteiger partial charge in [0.15, 0.2) is 0 Å². The molecule has 0 aliphatic heterocycles. The number of benzene rings is 1. The predicted octanol–water partition coefficient (Wildman–Crippen LogP) is 2.10. The third-order valence-electron chi connectivity index (χ3n) is 2.73. The van der Waals surface area contributed by atoms with Gasteiger partial charge in [0.05, 0.1) is 11.4 Å². The third-order valence-corrected chi connectivity index (χ3v) is 2.73. The summed E-state index contributed by atoms with van der Waals surface area (Å²) >= 11 is 0. The Kier molecular flexibility index (Phi) is 4.30. The zero-order valence-electron chi connectivity index (χ0n) is 10.7. The predicted molar refractivity (Wildman–Crippen MR) is 70.9 cm³/mol. The normalized spacial score (nSPS) is 12.3. The van der Waals surface area contributed by atoms with Crippen LogP contribution in [0, 0.1) is 0 Å². The van der Waals surface area contributed by atoms with Crippen LogP contribution in [0.3, 0.4) is 0 Å². The zero-order valence-corrected chi connectivity index (χ0v) is 10.7. The molecular weight excluding hydrogens is 228 g/mol. The molecule has 1 N–H and O–H groups in total. The van der Waals surface area contributed by atoms with Crippen molar-refractivity contribution in [2.75, 3.05) is 19.0 Å². The van der Waals surface area contributed by atoms with Gasteiger partial charge in [0, 0.05) is 19.8 Å². The fraction of sp³-hybridized carbons (Fsp3) is 0.385. The lowest BCUT2D eigenvalue weighted by atomic mass is 10.2. The van der Waals surface area contributed by atoms with Gasteiger partial charge in [-0.1, -0.05) is 12.1 Å². The Morgan fingerprint density at radius 2 is 2.22 bits per heavy atom. The molecular formula is C13H18N4O. The number of nitrogens with zero attached hydrogens (tertiary/aromatic N) is 3. The third kappa shape index (κ3) is 3.07. The van der Waals surface area contributed by atoms with Gasteiger partial charge in [0.2, 0.25) is 0 Å². The van der Waals surface area contributed by atoms with E-state index in [1.54, 1.807) is 18.1 Å². The maximum atomic E-state index is 5.09. The largest absolute Gasteiger partial charge is 0.385 e. The van der Waals surface area contributed by atoms with Crippen LogP contribution in [0.5, 0.6) is 0 Å². The number of ether oxygens (including phenoxy) is 1. The van der Waals surface area contributed by atoms with Crippen LogP contribution in [0.15, 0.2) is 36.9 Å². The Hall–Kier alpha value is -1.88. The Balaban J connectivity index is 2.13. The van der Waals surface area contributed by atoms with Crippen molar-refractivity contribution >= 4 is 5.69 Å². The summed E-state index contributed by atoms with van der Waals surface area (Å²) in [5.74, 6) is 0. The Labute approximate surface area is 107 Å². The van der Waals surface area contributed by atoms with Crippen molar-refractivity contribution in [2.24, 2.45) is 0 Å². The van der Waals surface area contributed by atoms with Crippen LogP contribution >= 0.6 is 0 Å². The highest BCUT2D eigenvalue weighted by molar-refractivity contribution is 5.60. The SMILES string of the molecule is COCCC(C)Nc1ccccc1-n1cncn1. The Morgan fingerprint density at radius 1 is 1.39 bits per heavy atom. The van der Waals surface area contributed by atoms with Crippen molar-refractivity contribution in [3.05, 3.63) is 36.9 Å². The van der Waals surface area contributed by atoms with Gasteiger partial charge in [-0.15, -0.1) is 0 Å². The molecule has 18 heavy (non-hydrogen) atoms. The topological polar surface area (TPSA) is 52.0 Å². The van der Waals surface area contributed by atoms with Crippen molar-refractivity contribution in [1.82, 2.24) is 14.8 Å². The van der Waals surface area contributed by atoms with Gasteiger partial charge in [-0.3, -0.25) is 0 Å². The first-order valence-corrected chi connectivity index (χ1v) is 6.00. The fourth-order valence-electron chi connectivity index (χ4n) is 1.76. The second-order valence-corrected chi connectivity index (χ2v) is 4.18. The van der Waals surface area contributed by atoms with Gasteiger partial charge in [-0.25, -0.2) is 9.67 Å². The summed E-state index contributed by atoms with van der Waals surface area (Å²) in [4.78, 5) is 3.97. The average Bonchev–Trinajstić information content (AvgIpc) is 2.91. The minimum absolute atomic E-state index is 0.342. The highest BCUT2D eigenvalue weighted by Gasteiger charge is 2.07.